The Bertz CT molecular complexity index is 770. The Kier molecular flexibility index (Phi) is 5.59. The predicted octanol–water partition coefficient (Wildman–Crippen LogP) is 4.58. The third kappa shape index (κ3) is 4.20. The number of amides is 2. The van der Waals surface area contributed by atoms with Crippen molar-refractivity contribution in [3.63, 3.8) is 0 Å². The van der Waals surface area contributed by atoms with Gasteiger partial charge >= 0.3 is 11.8 Å². The van der Waals surface area contributed by atoms with Gasteiger partial charge in [0.25, 0.3) is 0 Å². The first-order valence-electron chi connectivity index (χ1n) is 6.04. The topological polar surface area (TPSA) is 78.4 Å². The van der Waals surface area contributed by atoms with Crippen LogP contribution in [0.1, 0.15) is 0 Å². The predicted molar refractivity (Wildman–Crippen MR) is 91.8 cm³/mol. The molecule has 2 aromatic rings. The maximum atomic E-state index is 11.9. The minimum absolute atomic E-state index is 0.0421. The molecule has 0 aliphatic heterocycles. The van der Waals surface area contributed by atoms with E-state index in [1.807, 2.05) is 0 Å². The van der Waals surface area contributed by atoms with E-state index in [0.29, 0.717) is 0 Å². The molecule has 0 saturated heterocycles. The average Bonchev–Trinajstić information content (AvgIpc) is 2.49. The van der Waals surface area contributed by atoms with Crippen LogP contribution in [0.5, 0.6) is 5.75 Å². The lowest BCUT2D eigenvalue weighted by Crippen LogP contribution is -2.29. The summed E-state index contributed by atoms with van der Waals surface area (Å²) in [5, 5.41) is 13.9. The molecule has 2 rings (SSSR count). The molecule has 0 aromatic heterocycles. The van der Waals surface area contributed by atoms with Crippen molar-refractivity contribution in [2.45, 2.75) is 0 Å². The summed E-state index contributed by atoms with van der Waals surface area (Å²) in [6.45, 7) is 0. The Morgan fingerprint density at radius 1 is 0.870 bits per heavy atom. The molecule has 0 fully saturated rings. The highest BCUT2D eigenvalue weighted by Gasteiger charge is 2.20. The van der Waals surface area contributed by atoms with Gasteiger partial charge in [0.2, 0.25) is 0 Å². The molecule has 0 bridgehead atoms. The molecule has 0 aliphatic carbocycles. The number of carbonyl (C=O) groups is 2. The van der Waals surface area contributed by atoms with E-state index in [1.165, 1.54) is 30.3 Å². The number of phenols is 1. The van der Waals surface area contributed by atoms with E-state index in [0.717, 1.165) is 0 Å². The summed E-state index contributed by atoms with van der Waals surface area (Å²) < 4.78 is 0. The Balaban J connectivity index is 2.18. The van der Waals surface area contributed by atoms with Gasteiger partial charge in [-0.3, -0.25) is 9.59 Å². The van der Waals surface area contributed by atoms with Crippen LogP contribution in [0.4, 0.5) is 11.4 Å². The second kappa shape index (κ2) is 7.27. The van der Waals surface area contributed by atoms with Gasteiger partial charge in [-0.15, -0.1) is 0 Å². The second-order valence-corrected chi connectivity index (χ2v) is 5.87. The lowest BCUT2D eigenvalue weighted by atomic mass is 10.3. The molecule has 0 unspecified atom stereocenters. The van der Waals surface area contributed by atoms with Crippen molar-refractivity contribution in [3.8, 4) is 5.75 Å². The molecule has 0 radical (unpaired) electrons. The van der Waals surface area contributed by atoms with Crippen molar-refractivity contribution in [1.29, 1.82) is 0 Å². The zero-order valence-electron chi connectivity index (χ0n) is 11.2. The summed E-state index contributed by atoms with van der Waals surface area (Å²) in [6.07, 6.45) is 0. The minimum atomic E-state index is -1.03. The molecule has 23 heavy (non-hydrogen) atoms. The first kappa shape index (κ1) is 17.7. The maximum Gasteiger partial charge on any atom is 0.314 e. The summed E-state index contributed by atoms with van der Waals surface area (Å²) in [5.41, 5.74) is 0.174. The van der Waals surface area contributed by atoms with Gasteiger partial charge in [-0.2, -0.15) is 0 Å². The molecular formula is C14H8Cl4N2O3. The Morgan fingerprint density at radius 3 is 2.00 bits per heavy atom. The summed E-state index contributed by atoms with van der Waals surface area (Å²) in [4.78, 5) is 23.8. The lowest BCUT2D eigenvalue weighted by molar-refractivity contribution is -0.132. The number of phenolic OH excluding ortho intramolecular Hbond substituents is 1. The fourth-order valence-electron chi connectivity index (χ4n) is 1.62. The van der Waals surface area contributed by atoms with E-state index in [2.05, 4.69) is 10.6 Å². The van der Waals surface area contributed by atoms with E-state index < -0.39 is 11.8 Å². The minimum Gasteiger partial charge on any atom is -0.508 e. The average molecular weight is 394 g/mol. The summed E-state index contributed by atoms with van der Waals surface area (Å²) >= 11 is 23.6. The van der Waals surface area contributed by atoms with Crippen LogP contribution in [0.15, 0.2) is 30.3 Å². The van der Waals surface area contributed by atoms with Crippen LogP contribution in [-0.4, -0.2) is 16.9 Å². The molecule has 9 heteroatoms. The molecule has 0 aliphatic rings. The number of nitrogens with one attached hydrogen (secondary N) is 2. The Morgan fingerprint density at radius 2 is 1.43 bits per heavy atom. The highest BCUT2D eigenvalue weighted by atomic mass is 35.5. The molecule has 2 amide bonds. The fraction of sp³-hybridized carbons (Fsp3) is 0. The number of rotatable bonds is 2. The van der Waals surface area contributed by atoms with Crippen LogP contribution < -0.4 is 10.6 Å². The second-order valence-electron chi connectivity index (χ2n) is 4.30. The van der Waals surface area contributed by atoms with Gasteiger partial charge in [-0.05, 0) is 18.2 Å². The Hall–Kier alpha value is -1.66. The number of anilines is 2. The molecule has 0 heterocycles. The van der Waals surface area contributed by atoms with Gasteiger partial charge in [0, 0.05) is 11.8 Å². The number of aromatic hydroxyl groups is 1. The quantitative estimate of drug-likeness (QED) is 0.516. The maximum absolute atomic E-state index is 11.9. The van der Waals surface area contributed by atoms with Crippen LogP contribution in [0.3, 0.4) is 0 Å². The molecule has 0 saturated carbocycles. The Labute approximate surface area is 151 Å². The third-order valence-corrected chi connectivity index (χ3v) is 4.24. The van der Waals surface area contributed by atoms with Crippen molar-refractivity contribution in [3.05, 3.63) is 50.4 Å². The van der Waals surface area contributed by atoms with E-state index in [9.17, 15) is 14.7 Å². The normalized spacial score (nSPS) is 10.3. The number of hydrogen-bond donors (Lipinski definition) is 3. The molecular weight excluding hydrogens is 386 g/mol. The van der Waals surface area contributed by atoms with E-state index >= 15 is 0 Å². The van der Waals surface area contributed by atoms with Crippen LogP contribution in [0, 0.1) is 0 Å². The van der Waals surface area contributed by atoms with Crippen LogP contribution in [0.2, 0.25) is 20.1 Å². The van der Waals surface area contributed by atoms with Crippen LogP contribution >= 0.6 is 46.4 Å². The third-order valence-electron chi connectivity index (χ3n) is 2.66. The molecule has 0 atom stereocenters. The van der Waals surface area contributed by atoms with Crippen molar-refractivity contribution in [2.75, 3.05) is 10.6 Å². The number of carbonyl (C=O) groups excluding carboxylic acids is 2. The summed E-state index contributed by atoms with van der Waals surface area (Å²) in [7, 11) is 0. The lowest BCUT2D eigenvalue weighted by Gasteiger charge is -2.12. The van der Waals surface area contributed by atoms with Gasteiger partial charge in [-0.25, -0.2) is 0 Å². The van der Waals surface area contributed by atoms with Gasteiger partial charge < -0.3 is 15.7 Å². The van der Waals surface area contributed by atoms with Crippen molar-refractivity contribution >= 4 is 69.6 Å². The van der Waals surface area contributed by atoms with Crippen molar-refractivity contribution in [2.24, 2.45) is 0 Å². The van der Waals surface area contributed by atoms with Crippen LogP contribution in [0.25, 0.3) is 0 Å². The number of hydrogen-bond acceptors (Lipinski definition) is 3. The molecule has 3 N–H and O–H groups in total. The molecule has 5 nitrogen and oxygen atoms in total. The summed E-state index contributed by atoms with van der Waals surface area (Å²) in [6, 6.07) is 7.02. The molecule has 0 spiro atoms. The first-order chi connectivity index (χ1) is 10.8. The molecule has 120 valence electrons. The highest BCUT2D eigenvalue weighted by Crippen LogP contribution is 2.40. The zero-order chi connectivity index (χ0) is 17.1. The van der Waals surface area contributed by atoms with Gasteiger partial charge in [-0.1, -0.05) is 52.5 Å². The fourth-order valence-corrected chi connectivity index (χ4v) is 2.53. The van der Waals surface area contributed by atoms with E-state index in [-0.39, 0.29) is 37.2 Å². The van der Waals surface area contributed by atoms with Gasteiger partial charge in [0.1, 0.15) is 5.75 Å². The SMILES string of the molecule is O=C(Nc1cccc(O)c1)C(=O)Nc1c(Cl)c(Cl)cc(Cl)c1Cl. The zero-order valence-corrected chi connectivity index (χ0v) is 14.2. The molecule has 2 aromatic carbocycles. The number of halogens is 4. The van der Waals surface area contributed by atoms with Crippen molar-refractivity contribution < 1.29 is 14.7 Å². The van der Waals surface area contributed by atoms with E-state index in [1.54, 1.807) is 0 Å². The standard InChI is InChI=1S/C14H8Cl4N2O3/c15-8-5-9(16)11(18)12(10(8)17)20-14(23)13(22)19-6-2-1-3-7(21)4-6/h1-5,21H,(H,19,22)(H,20,23). The monoisotopic (exact) mass is 392 g/mol. The van der Waals surface area contributed by atoms with Gasteiger partial charge in [0.05, 0.1) is 25.8 Å². The smallest absolute Gasteiger partial charge is 0.314 e. The largest absolute Gasteiger partial charge is 0.508 e. The summed E-state index contributed by atoms with van der Waals surface area (Å²) in [5.74, 6) is -2.08. The van der Waals surface area contributed by atoms with Gasteiger partial charge in [0.15, 0.2) is 0 Å². The highest BCUT2D eigenvalue weighted by molar-refractivity contribution is 6.52. The van der Waals surface area contributed by atoms with Crippen LogP contribution in [-0.2, 0) is 9.59 Å². The first-order valence-corrected chi connectivity index (χ1v) is 7.55. The van der Waals surface area contributed by atoms with E-state index in [4.69, 9.17) is 46.4 Å². The van der Waals surface area contributed by atoms with Crippen molar-refractivity contribution in [1.82, 2.24) is 0 Å². The number of benzene rings is 2.